The minimum absolute atomic E-state index is 0.0352. The molecule has 8 nitrogen and oxygen atoms in total. The summed E-state index contributed by atoms with van der Waals surface area (Å²) in [5, 5.41) is 10.6. The third-order valence-corrected chi connectivity index (χ3v) is 5.55. The van der Waals surface area contributed by atoms with Gasteiger partial charge in [-0.05, 0) is 45.4 Å². The van der Waals surface area contributed by atoms with Gasteiger partial charge < -0.3 is 15.0 Å². The summed E-state index contributed by atoms with van der Waals surface area (Å²) in [5.41, 5.74) is 0.648. The Balaban J connectivity index is 1.54. The number of aromatic nitrogens is 2. The van der Waals surface area contributed by atoms with Crippen LogP contribution in [0.3, 0.4) is 0 Å². The lowest BCUT2D eigenvalue weighted by molar-refractivity contribution is -0.140. The lowest BCUT2D eigenvalue weighted by Gasteiger charge is -2.39. The number of aryl methyl sites for hydroxylation is 1. The fraction of sp³-hybridized carbons (Fsp3) is 0.778. The molecule has 0 radical (unpaired) electrons. The summed E-state index contributed by atoms with van der Waals surface area (Å²) in [4.78, 5) is 27.2. The fourth-order valence-electron chi connectivity index (χ4n) is 3.70. The molecule has 8 heteroatoms. The molecule has 2 fully saturated rings. The number of carbonyl (C=O) groups is 2. The maximum atomic E-state index is 12.8. The van der Waals surface area contributed by atoms with Crippen molar-refractivity contribution in [1.29, 1.82) is 0 Å². The summed E-state index contributed by atoms with van der Waals surface area (Å²) >= 11 is 0. The van der Waals surface area contributed by atoms with Crippen LogP contribution < -0.4 is 5.32 Å². The Bertz CT molecular complexity index is 641. The molecular weight excluding hydrogens is 336 g/mol. The highest BCUT2D eigenvalue weighted by atomic mass is 16.6. The zero-order valence-corrected chi connectivity index (χ0v) is 15.6. The zero-order valence-electron chi connectivity index (χ0n) is 15.6. The number of ether oxygens (including phenoxy) is 1. The van der Waals surface area contributed by atoms with Gasteiger partial charge in [-0.25, -0.2) is 4.63 Å². The van der Waals surface area contributed by atoms with Gasteiger partial charge >= 0.3 is 0 Å². The highest BCUT2D eigenvalue weighted by Crippen LogP contribution is 2.30. The van der Waals surface area contributed by atoms with Crippen LogP contribution in [0.15, 0.2) is 4.63 Å². The van der Waals surface area contributed by atoms with Gasteiger partial charge in [0.2, 0.25) is 11.8 Å². The third kappa shape index (κ3) is 4.41. The van der Waals surface area contributed by atoms with E-state index in [0.717, 1.165) is 38.9 Å². The largest absolute Gasteiger partial charge is 0.381 e. The SMILES string of the molecule is Cc1nonc1CC(=O)N1CCC[C@](C)(C(=O)NCC2CCOCC2)C1. The van der Waals surface area contributed by atoms with E-state index in [4.69, 9.17) is 4.74 Å². The number of hydrogen-bond acceptors (Lipinski definition) is 6. The van der Waals surface area contributed by atoms with Crippen molar-refractivity contribution in [1.82, 2.24) is 20.5 Å². The lowest BCUT2D eigenvalue weighted by Crippen LogP contribution is -2.52. The molecule has 2 aliphatic rings. The smallest absolute Gasteiger partial charge is 0.228 e. The topological polar surface area (TPSA) is 97.6 Å². The van der Waals surface area contributed by atoms with Gasteiger partial charge in [-0.3, -0.25) is 9.59 Å². The maximum Gasteiger partial charge on any atom is 0.228 e. The maximum absolute atomic E-state index is 12.8. The number of piperidine rings is 1. The normalized spacial score (nSPS) is 24.5. The van der Waals surface area contributed by atoms with E-state index in [-0.39, 0.29) is 18.2 Å². The average molecular weight is 364 g/mol. The summed E-state index contributed by atoms with van der Waals surface area (Å²) < 4.78 is 10.0. The molecule has 0 aliphatic carbocycles. The van der Waals surface area contributed by atoms with Crippen LogP contribution in [0.25, 0.3) is 0 Å². The van der Waals surface area contributed by atoms with E-state index in [2.05, 4.69) is 20.3 Å². The minimum Gasteiger partial charge on any atom is -0.381 e. The van der Waals surface area contributed by atoms with Crippen LogP contribution in [-0.2, 0) is 20.7 Å². The van der Waals surface area contributed by atoms with Crippen molar-refractivity contribution in [3.63, 3.8) is 0 Å². The van der Waals surface area contributed by atoms with Crippen LogP contribution in [0.5, 0.6) is 0 Å². The van der Waals surface area contributed by atoms with Crippen LogP contribution in [0, 0.1) is 18.3 Å². The minimum atomic E-state index is -0.545. The average Bonchev–Trinajstić information content (AvgIpc) is 3.05. The van der Waals surface area contributed by atoms with E-state index < -0.39 is 5.41 Å². The van der Waals surface area contributed by atoms with Crippen molar-refractivity contribution in [3.05, 3.63) is 11.4 Å². The molecule has 0 unspecified atom stereocenters. The molecular formula is C18H28N4O4. The molecule has 3 heterocycles. The third-order valence-electron chi connectivity index (χ3n) is 5.55. The van der Waals surface area contributed by atoms with E-state index in [1.54, 1.807) is 11.8 Å². The summed E-state index contributed by atoms with van der Waals surface area (Å²) in [6.07, 6.45) is 3.76. The van der Waals surface area contributed by atoms with Crippen molar-refractivity contribution >= 4 is 11.8 Å². The Morgan fingerprint density at radius 3 is 2.77 bits per heavy atom. The second-order valence-corrected chi connectivity index (χ2v) is 7.72. The summed E-state index contributed by atoms with van der Waals surface area (Å²) in [6.45, 7) is 7.07. The van der Waals surface area contributed by atoms with Gasteiger partial charge in [0.15, 0.2) is 0 Å². The number of likely N-dealkylation sites (tertiary alicyclic amines) is 1. The predicted octanol–water partition coefficient (Wildman–Crippen LogP) is 1.09. The van der Waals surface area contributed by atoms with E-state index in [9.17, 15) is 9.59 Å². The van der Waals surface area contributed by atoms with E-state index >= 15 is 0 Å². The van der Waals surface area contributed by atoms with E-state index in [1.807, 2.05) is 6.92 Å². The summed E-state index contributed by atoms with van der Waals surface area (Å²) in [7, 11) is 0. The van der Waals surface area contributed by atoms with Gasteiger partial charge in [0, 0.05) is 32.8 Å². The van der Waals surface area contributed by atoms with Crippen LogP contribution in [0.4, 0.5) is 0 Å². The second-order valence-electron chi connectivity index (χ2n) is 7.72. The van der Waals surface area contributed by atoms with Gasteiger partial charge in [0.1, 0.15) is 11.4 Å². The van der Waals surface area contributed by atoms with Crippen LogP contribution in [0.2, 0.25) is 0 Å². The number of nitrogens with zero attached hydrogens (tertiary/aromatic N) is 3. The molecule has 1 N–H and O–H groups in total. The van der Waals surface area contributed by atoms with Crippen molar-refractivity contribution in [2.75, 3.05) is 32.8 Å². The highest BCUT2D eigenvalue weighted by molar-refractivity contribution is 5.84. The standard InChI is InChI=1S/C18H28N4O4/c1-13-15(21-26-20-13)10-16(23)22-7-3-6-18(2,12-22)17(24)19-11-14-4-8-25-9-5-14/h14H,3-12H2,1-2H3,(H,19,24)/t18-/m0/s1. The van der Waals surface area contributed by atoms with Gasteiger partial charge in [-0.2, -0.15) is 0 Å². The molecule has 2 saturated heterocycles. The molecule has 1 atom stereocenters. The molecule has 0 saturated carbocycles. The Hall–Kier alpha value is -1.96. The number of rotatable bonds is 5. The summed E-state index contributed by atoms with van der Waals surface area (Å²) in [5.74, 6) is 0.494. The van der Waals surface area contributed by atoms with E-state index in [0.29, 0.717) is 36.9 Å². The van der Waals surface area contributed by atoms with Gasteiger partial charge in [-0.1, -0.05) is 10.3 Å². The zero-order chi connectivity index (χ0) is 18.6. The van der Waals surface area contributed by atoms with Crippen molar-refractivity contribution in [2.24, 2.45) is 11.3 Å². The van der Waals surface area contributed by atoms with Gasteiger partial charge in [0.25, 0.3) is 0 Å². The van der Waals surface area contributed by atoms with Gasteiger partial charge in [-0.15, -0.1) is 0 Å². The first-order valence-electron chi connectivity index (χ1n) is 9.40. The molecule has 0 bridgehead atoms. The van der Waals surface area contributed by atoms with Gasteiger partial charge in [0.05, 0.1) is 11.8 Å². The molecule has 26 heavy (non-hydrogen) atoms. The summed E-state index contributed by atoms with van der Waals surface area (Å²) in [6, 6.07) is 0. The molecule has 1 aromatic heterocycles. The predicted molar refractivity (Wildman–Crippen MR) is 93.2 cm³/mol. The van der Waals surface area contributed by atoms with Crippen molar-refractivity contribution in [3.8, 4) is 0 Å². The van der Waals surface area contributed by atoms with Crippen molar-refractivity contribution in [2.45, 2.75) is 46.0 Å². The second kappa shape index (κ2) is 8.16. The Morgan fingerprint density at radius 1 is 1.31 bits per heavy atom. The van der Waals surface area contributed by atoms with E-state index in [1.165, 1.54) is 0 Å². The molecule has 144 valence electrons. The first kappa shape index (κ1) is 18.8. The Labute approximate surface area is 153 Å². The van der Waals surface area contributed by atoms with Crippen LogP contribution in [0.1, 0.15) is 44.0 Å². The Kier molecular flexibility index (Phi) is 5.90. The number of hydrogen-bond donors (Lipinski definition) is 1. The first-order valence-corrected chi connectivity index (χ1v) is 9.40. The number of carbonyl (C=O) groups excluding carboxylic acids is 2. The number of amides is 2. The molecule has 1 aromatic rings. The number of nitrogens with one attached hydrogen (secondary N) is 1. The van der Waals surface area contributed by atoms with Crippen LogP contribution in [-0.4, -0.2) is 59.9 Å². The van der Waals surface area contributed by atoms with Crippen molar-refractivity contribution < 1.29 is 19.0 Å². The molecule has 2 aliphatic heterocycles. The van der Waals surface area contributed by atoms with Crippen LogP contribution >= 0.6 is 0 Å². The molecule has 0 aromatic carbocycles. The lowest BCUT2D eigenvalue weighted by atomic mass is 9.80. The first-order chi connectivity index (χ1) is 12.5. The molecule has 3 rings (SSSR count). The Morgan fingerprint density at radius 2 is 2.08 bits per heavy atom. The quantitative estimate of drug-likeness (QED) is 0.840. The highest BCUT2D eigenvalue weighted by Gasteiger charge is 2.39. The molecule has 0 spiro atoms. The monoisotopic (exact) mass is 364 g/mol. The fourth-order valence-corrected chi connectivity index (χ4v) is 3.70. The molecule has 2 amide bonds.